The zero-order valence-electron chi connectivity index (χ0n) is 13.7. The molecular formula is C16H18F2N6O. The highest BCUT2D eigenvalue weighted by Gasteiger charge is 2.16. The van der Waals surface area contributed by atoms with Gasteiger partial charge in [0.25, 0.3) is 0 Å². The largest absolute Gasteiger partial charge is 0.338 e. The van der Waals surface area contributed by atoms with Gasteiger partial charge in [-0.15, -0.1) is 0 Å². The number of piperazine rings is 1. The maximum absolute atomic E-state index is 13.5. The molecule has 7 nitrogen and oxygen atoms in total. The van der Waals surface area contributed by atoms with Crippen LogP contribution in [0.5, 0.6) is 0 Å². The van der Waals surface area contributed by atoms with E-state index in [1.54, 1.807) is 0 Å². The number of nitrogens with zero attached hydrogens (tertiary/aromatic N) is 4. The maximum Gasteiger partial charge on any atom is 0.323 e. The van der Waals surface area contributed by atoms with Crippen molar-refractivity contribution < 1.29 is 13.6 Å². The molecule has 0 radical (unpaired) electrons. The third kappa shape index (κ3) is 4.18. The standard InChI is InChI=1S/C16H18F2N6O/c1-23-5-7-24(8-6-23)15-19-9-11(10-20-15)21-16(25)22-14-12(17)3-2-4-13(14)18/h2-4,9-10H,5-8H2,1H3,(H2,21,22,25). The monoisotopic (exact) mass is 348 g/mol. The summed E-state index contributed by atoms with van der Waals surface area (Å²) in [5, 5.41) is 4.59. The summed E-state index contributed by atoms with van der Waals surface area (Å²) in [4.78, 5) is 24.6. The van der Waals surface area contributed by atoms with E-state index in [4.69, 9.17) is 0 Å². The number of benzene rings is 1. The fourth-order valence-electron chi connectivity index (χ4n) is 2.45. The Labute approximate surface area is 143 Å². The van der Waals surface area contributed by atoms with Gasteiger partial charge in [-0.3, -0.25) is 0 Å². The molecule has 1 aromatic carbocycles. The third-order valence-corrected chi connectivity index (χ3v) is 3.88. The molecule has 1 aliphatic rings. The van der Waals surface area contributed by atoms with Gasteiger partial charge in [-0.25, -0.2) is 23.5 Å². The van der Waals surface area contributed by atoms with Gasteiger partial charge in [-0.2, -0.15) is 0 Å². The van der Waals surface area contributed by atoms with Crippen LogP contribution in [-0.4, -0.2) is 54.1 Å². The zero-order chi connectivity index (χ0) is 17.8. The van der Waals surface area contributed by atoms with Gasteiger partial charge >= 0.3 is 6.03 Å². The van der Waals surface area contributed by atoms with E-state index in [1.165, 1.54) is 18.5 Å². The number of rotatable bonds is 3. The zero-order valence-corrected chi connectivity index (χ0v) is 13.7. The molecule has 1 aromatic heterocycles. The number of aromatic nitrogens is 2. The number of amides is 2. The first-order valence-corrected chi connectivity index (χ1v) is 7.80. The van der Waals surface area contributed by atoms with Crippen LogP contribution in [0.4, 0.5) is 30.9 Å². The van der Waals surface area contributed by atoms with Crippen molar-refractivity contribution in [2.45, 2.75) is 0 Å². The second kappa shape index (κ2) is 7.39. The smallest absolute Gasteiger partial charge is 0.323 e. The molecule has 0 atom stereocenters. The SMILES string of the molecule is CN1CCN(c2ncc(NC(=O)Nc3c(F)cccc3F)cn2)CC1. The van der Waals surface area contributed by atoms with Crippen molar-refractivity contribution in [3.63, 3.8) is 0 Å². The van der Waals surface area contributed by atoms with Gasteiger partial charge in [0.05, 0.1) is 18.1 Å². The predicted molar refractivity (Wildman–Crippen MR) is 90.7 cm³/mol. The van der Waals surface area contributed by atoms with Crippen LogP contribution in [0, 0.1) is 11.6 Å². The van der Waals surface area contributed by atoms with E-state index < -0.39 is 23.4 Å². The summed E-state index contributed by atoms with van der Waals surface area (Å²) >= 11 is 0. The number of anilines is 3. The first kappa shape index (κ1) is 17.0. The van der Waals surface area contributed by atoms with Crippen molar-refractivity contribution >= 4 is 23.4 Å². The molecule has 0 bridgehead atoms. The Balaban J connectivity index is 1.60. The number of halogens is 2. The lowest BCUT2D eigenvalue weighted by atomic mass is 10.3. The summed E-state index contributed by atoms with van der Waals surface area (Å²) in [5.74, 6) is -1.12. The van der Waals surface area contributed by atoms with E-state index in [0.29, 0.717) is 11.6 Å². The van der Waals surface area contributed by atoms with Gasteiger partial charge in [0.2, 0.25) is 5.95 Å². The molecule has 2 heterocycles. The van der Waals surface area contributed by atoms with Crippen LogP contribution in [0.1, 0.15) is 0 Å². The fourth-order valence-corrected chi connectivity index (χ4v) is 2.45. The molecule has 0 unspecified atom stereocenters. The summed E-state index contributed by atoms with van der Waals surface area (Å²) in [6.07, 6.45) is 2.91. The Morgan fingerprint density at radius 1 is 1.04 bits per heavy atom. The van der Waals surface area contributed by atoms with E-state index in [9.17, 15) is 13.6 Å². The Morgan fingerprint density at radius 3 is 2.24 bits per heavy atom. The predicted octanol–water partition coefficient (Wildman–Crippen LogP) is 2.15. The number of urea groups is 1. The molecule has 132 valence electrons. The number of carbonyl (C=O) groups is 1. The van der Waals surface area contributed by atoms with Crippen molar-refractivity contribution in [2.24, 2.45) is 0 Å². The molecule has 2 aromatic rings. The molecule has 25 heavy (non-hydrogen) atoms. The van der Waals surface area contributed by atoms with Gasteiger partial charge in [0.15, 0.2) is 0 Å². The fraction of sp³-hybridized carbons (Fsp3) is 0.312. The number of nitrogens with one attached hydrogen (secondary N) is 2. The third-order valence-electron chi connectivity index (χ3n) is 3.88. The summed E-state index contributed by atoms with van der Waals surface area (Å²) in [7, 11) is 2.06. The van der Waals surface area contributed by atoms with E-state index in [2.05, 4.69) is 37.4 Å². The van der Waals surface area contributed by atoms with E-state index in [1.807, 2.05) is 0 Å². The molecule has 0 aliphatic carbocycles. The molecular weight excluding hydrogens is 330 g/mol. The first-order valence-electron chi connectivity index (χ1n) is 7.80. The molecule has 9 heteroatoms. The normalized spacial score (nSPS) is 15.1. The molecule has 0 spiro atoms. The number of likely N-dealkylation sites (N-methyl/N-ethyl adjacent to an activating group) is 1. The lowest BCUT2D eigenvalue weighted by Gasteiger charge is -2.32. The lowest BCUT2D eigenvalue weighted by molar-refractivity contribution is 0.262. The number of hydrogen-bond donors (Lipinski definition) is 2. The summed E-state index contributed by atoms with van der Waals surface area (Å²) in [6.45, 7) is 3.52. The summed E-state index contributed by atoms with van der Waals surface area (Å²) in [6, 6.07) is 2.57. The highest BCUT2D eigenvalue weighted by molar-refractivity contribution is 5.99. The Morgan fingerprint density at radius 2 is 1.64 bits per heavy atom. The van der Waals surface area contributed by atoms with Crippen LogP contribution >= 0.6 is 0 Å². The van der Waals surface area contributed by atoms with Crippen LogP contribution in [0.3, 0.4) is 0 Å². The number of hydrogen-bond acceptors (Lipinski definition) is 5. The number of para-hydroxylation sites is 1. The van der Waals surface area contributed by atoms with E-state index >= 15 is 0 Å². The minimum absolute atomic E-state index is 0.326. The van der Waals surface area contributed by atoms with E-state index in [-0.39, 0.29) is 0 Å². The minimum Gasteiger partial charge on any atom is -0.338 e. The van der Waals surface area contributed by atoms with E-state index in [0.717, 1.165) is 38.3 Å². The Kier molecular flexibility index (Phi) is 5.03. The first-order chi connectivity index (χ1) is 12.0. The molecule has 1 fully saturated rings. The van der Waals surface area contributed by atoms with Crippen LogP contribution in [0.2, 0.25) is 0 Å². The molecule has 2 N–H and O–H groups in total. The molecule has 2 amide bonds. The topological polar surface area (TPSA) is 73.4 Å². The Bertz CT molecular complexity index is 727. The van der Waals surface area contributed by atoms with Crippen LogP contribution in [0.25, 0.3) is 0 Å². The average molecular weight is 348 g/mol. The van der Waals surface area contributed by atoms with Crippen molar-refractivity contribution in [3.8, 4) is 0 Å². The Hall–Kier alpha value is -2.81. The molecule has 1 saturated heterocycles. The second-order valence-corrected chi connectivity index (χ2v) is 5.74. The lowest BCUT2D eigenvalue weighted by Crippen LogP contribution is -2.45. The van der Waals surface area contributed by atoms with Crippen LogP contribution in [-0.2, 0) is 0 Å². The highest BCUT2D eigenvalue weighted by atomic mass is 19.1. The summed E-state index contributed by atoms with van der Waals surface area (Å²) in [5.41, 5.74) is -0.179. The van der Waals surface area contributed by atoms with Crippen LogP contribution < -0.4 is 15.5 Å². The molecule has 3 rings (SSSR count). The second-order valence-electron chi connectivity index (χ2n) is 5.74. The average Bonchev–Trinajstić information content (AvgIpc) is 2.60. The van der Waals surface area contributed by atoms with Gasteiger partial charge < -0.3 is 20.4 Å². The maximum atomic E-state index is 13.5. The molecule has 0 saturated carbocycles. The van der Waals surface area contributed by atoms with Gasteiger partial charge in [0.1, 0.15) is 17.3 Å². The van der Waals surface area contributed by atoms with Gasteiger partial charge in [-0.1, -0.05) is 6.07 Å². The molecule has 1 aliphatic heterocycles. The van der Waals surface area contributed by atoms with Crippen molar-refractivity contribution in [3.05, 3.63) is 42.2 Å². The van der Waals surface area contributed by atoms with Crippen molar-refractivity contribution in [2.75, 3.05) is 48.8 Å². The van der Waals surface area contributed by atoms with Crippen molar-refractivity contribution in [1.82, 2.24) is 14.9 Å². The van der Waals surface area contributed by atoms with Gasteiger partial charge in [0, 0.05) is 26.2 Å². The van der Waals surface area contributed by atoms with Crippen molar-refractivity contribution in [1.29, 1.82) is 0 Å². The van der Waals surface area contributed by atoms with Crippen LogP contribution in [0.15, 0.2) is 30.6 Å². The number of carbonyl (C=O) groups excluding carboxylic acids is 1. The minimum atomic E-state index is -0.850. The highest BCUT2D eigenvalue weighted by Crippen LogP contribution is 2.18. The quantitative estimate of drug-likeness (QED) is 0.889. The van der Waals surface area contributed by atoms with Gasteiger partial charge in [-0.05, 0) is 19.2 Å². The summed E-state index contributed by atoms with van der Waals surface area (Å²) < 4.78 is 27.0.